The molecule has 25 heavy (non-hydrogen) atoms. The second-order valence-corrected chi connectivity index (χ2v) is 5.78. The Morgan fingerprint density at radius 1 is 1.00 bits per heavy atom. The van der Waals surface area contributed by atoms with Gasteiger partial charge in [0, 0.05) is 31.9 Å². The fraction of sp³-hybridized carbons (Fsp3) is 0.316. The first-order valence-electron chi connectivity index (χ1n) is 8.21. The number of carbonyl (C=O) groups is 1. The average Bonchev–Trinajstić information content (AvgIpc) is 2.67. The number of rotatable bonds is 5. The van der Waals surface area contributed by atoms with E-state index in [0.29, 0.717) is 37.7 Å². The summed E-state index contributed by atoms with van der Waals surface area (Å²) in [6.45, 7) is 2.64. The van der Waals surface area contributed by atoms with E-state index in [1.54, 1.807) is 36.3 Å². The predicted octanol–water partition coefficient (Wildman–Crippen LogP) is 2.56. The molecule has 0 atom stereocenters. The third kappa shape index (κ3) is 4.21. The van der Waals surface area contributed by atoms with Gasteiger partial charge in [0.25, 0.3) is 5.91 Å². The molecular weight excluding hydrogens is 323 g/mol. The monoisotopic (exact) mass is 344 g/mol. The molecule has 1 saturated heterocycles. The van der Waals surface area contributed by atoms with Crippen molar-refractivity contribution in [3.8, 4) is 11.5 Å². The molecule has 0 bridgehead atoms. The van der Waals surface area contributed by atoms with E-state index in [1.807, 2.05) is 12.1 Å². The van der Waals surface area contributed by atoms with Gasteiger partial charge >= 0.3 is 0 Å². The smallest absolute Gasteiger partial charge is 0.260 e. The van der Waals surface area contributed by atoms with Gasteiger partial charge in [0.2, 0.25) is 0 Å². The van der Waals surface area contributed by atoms with E-state index >= 15 is 0 Å². The second kappa shape index (κ2) is 7.88. The number of halogens is 1. The lowest BCUT2D eigenvalue weighted by atomic mass is 10.2. The van der Waals surface area contributed by atoms with Crippen LogP contribution in [0.2, 0.25) is 0 Å². The van der Waals surface area contributed by atoms with Crippen molar-refractivity contribution in [1.82, 2.24) is 4.90 Å². The fourth-order valence-electron chi connectivity index (χ4n) is 2.83. The van der Waals surface area contributed by atoms with Crippen LogP contribution in [0, 0.1) is 5.82 Å². The third-order valence-corrected chi connectivity index (χ3v) is 4.24. The van der Waals surface area contributed by atoms with Crippen LogP contribution in [-0.2, 0) is 4.79 Å². The Morgan fingerprint density at radius 2 is 1.64 bits per heavy atom. The Hall–Kier alpha value is -2.76. The highest BCUT2D eigenvalue weighted by atomic mass is 19.1. The number of nitrogens with zero attached hydrogens (tertiary/aromatic N) is 2. The molecule has 1 amide bonds. The zero-order valence-electron chi connectivity index (χ0n) is 14.2. The van der Waals surface area contributed by atoms with Crippen LogP contribution in [0.15, 0.2) is 48.5 Å². The van der Waals surface area contributed by atoms with Crippen LogP contribution in [0.5, 0.6) is 11.5 Å². The highest BCUT2D eigenvalue weighted by Gasteiger charge is 2.22. The van der Waals surface area contributed by atoms with E-state index in [4.69, 9.17) is 9.47 Å². The van der Waals surface area contributed by atoms with Gasteiger partial charge in [-0.3, -0.25) is 4.79 Å². The number of hydrogen-bond acceptors (Lipinski definition) is 4. The van der Waals surface area contributed by atoms with Gasteiger partial charge in [0.15, 0.2) is 18.1 Å². The number of hydrogen-bond donors (Lipinski definition) is 0. The molecule has 0 aromatic heterocycles. The lowest BCUT2D eigenvalue weighted by Crippen LogP contribution is -2.50. The van der Waals surface area contributed by atoms with Crippen molar-refractivity contribution < 1.29 is 18.7 Å². The number of carbonyl (C=O) groups excluding carboxylic acids is 1. The number of piperazine rings is 1. The zero-order chi connectivity index (χ0) is 17.6. The summed E-state index contributed by atoms with van der Waals surface area (Å²) in [4.78, 5) is 16.3. The molecule has 0 unspecified atom stereocenters. The highest BCUT2D eigenvalue weighted by Crippen LogP contribution is 2.25. The first kappa shape index (κ1) is 17.1. The number of benzene rings is 2. The largest absolute Gasteiger partial charge is 0.493 e. The maximum atomic E-state index is 13.0. The minimum absolute atomic E-state index is 0.0169. The van der Waals surface area contributed by atoms with Gasteiger partial charge in [-0.15, -0.1) is 0 Å². The molecule has 1 aliphatic rings. The molecule has 0 radical (unpaired) electrons. The molecule has 5 nitrogen and oxygen atoms in total. The fourth-order valence-corrected chi connectivity index (χ4v) is 2.83. The van der Waals surface area contributed by atoms with Crippen LogP contribution in [0.1, 0.15) is 0 Å². The molecule has 2 aromatic carbocycles. The predicted molar refractivity (Wildman–Crippen MR) is 93.7 cm³/mol. The first-order chi connectivity index (χ1) is 12.2. The van der Waals surface area contributed by atoms with Crippen molar-refractivity contribution in [1.29, 1.82) is 0 Å². The van der Waals surface area contributed by atoms with Gasteiger partial charge in [0.05, 0.1) is 7.11 Å². The van der Waals surface area contributed by atoms with Crippen molar-refractivity contribution in [3.63, 3.8) is 0 Å². The minimum Gasteiger partial charge on any atom is -0.493 e. The number of amides is 1. The van der Waals surface area contributed by atoms with Crippen molar-refractivity contribution in [2.24, 2.45) is 0 Å². The molecule has 3 rings (SSSR count). The maximum absolute atomic E-state index is 13.0. The van der Waals surface area contributed by atoms with Crippen LogP contribution in [0.4, 0.5) is 10.1 Å². The Bertz CT molecular complexity index is 713. The third-order valence-electron chi connectivity index (χ3n) is 4.24. The van der Waals surface area contributed by atoms with E-state index in [9.17, 15) is 9.18 Å². The van der Waals surface area contributed by atoms with Crippen LogP contribution in [0.25, 0.3) is 0 Å². The van der Waals surface area contributed by atoms with Crippen LogP contribution >= 0.6 is 0 Å². The van der Waals surface area contributed by atoms with E-state index in [2.05, 4.69) is 4.90 Å². The lowest BCUT2D eigenvalue weighted by Gasteiger charge is -2.36. The topological polar surface area (TPSA) is 42.0 Å². The van der Waals surface area contributed by atoms with Gasteiger partial charge in [-0.1, -0.05) is 12.1 Å². The van der Waals surface area contributed by atoms with Gasteiger partial charge in [-0.25, -0.2) is 4.39 Å². The summed E-state index contributed by atoms with van der Waals surface area (Å²) in [5.41, 5.74) is 0.971. The van der Waals surface area contributed by atoms with E-state index in [-0.39, 0.29) is 18.3 Å². The number of ether oxygens (including phenoxy) is 2. The van der Waals surface area contributed by atoms with Gasteiger partial charge in [-0.05, 0) is 36.4 Å². The quantitative estimate of drug-likeness (QED) is 0.836. The lowest BCUT2D eigenvalue weighted by molar-refractivity contribution is -0.133. The molecule has 6 heteroatoms. The molecule has 0 aliphatic carbocycles. The van der Waals surface area contributed by atoms with Crippen molar-refractivity contribution in [3.05, 3.63) is 54.3 Å². The molecule has 2 aromatic rings. The molecule has 1 fully saturated rings. The summed E-state index contributed by atoms with van der Waals surface area (Å²) in [7, 11) is 1.57. The first-order valence-corrected chi connectivity index (χ1v) is 8.21. The zero-order valence-corrected chi connectivity index (χ0v) is 14.2. The number of para-hydroxylation sites is 2. The van der Waals surface area contributed by atoms with Crippen LogP contribution in [-0.4, -0.2) is 50.7 Å². The van der Waals surface area contributed by atoms with Crippen molar-refractivity contribution in [2.75, 3.05) is 44.8 Å². The summed E-state index contributed by atoms with van der Waals surface area (Å²) in [6, 6.07) is 13.7. The minimum atomic E-state index is -0.244. The summed E-state index contributed by atoms with van der Waals surface area (Å²) >= 11 is 0. The Kier molecular flexibility index (Phi) is 5.38. The average molecular weight is 344 g/mol. The summed E-state index contributed by atoms with van der Waals surface area (Å²) < 4.78 is 23.8. The summed E-state index contributed by atoms with van der Waals surface area (Å²) in [5.74, 6) is 0.871. The van der Waals surface area contributed by atoms with E-state index in [1.165, 1.54) is 12.1 Å². The molecular formula is C19H21FN2O3. The summed E-state index contributed by atoms with van der Waals surface area (Å²) in [5, 5.41) is 0. The highest BCUT2D eigenvalue weighted by molar-refractivity contribution is 5.78. The number of anilines is 1. The number of methoxy groups -OCH3 is 1. The maximum Gasteiger partial charge on any atom is 0.260 e. The molecule has 0 spiro atoms. The van der Waals surface area contributed by atoms with Crippen LogP contribution < -0.4 is 14.4 Å². The molecule has 0 N–H and O–H groups in total. The molecule has 132 valence electrons. The second-order valence-electron chi connectivity index (χ2n) is 5.78. The van der Waals surface area contributed by atoms with Crippen molar-refractivity contribution >= 4 is 11.6 Å². The molecule has 1 heterocycles. The molecule has 1 aliphatic heterocycles. The normalized spacial score (nSPS) is 14.3. The van der Waals surface area contributed by atoms with Crippen LogP contribution in [0.3, 0.4) is 0 Å². The van der Waals surface area contributed by atoms with Crippen molar-refractivity contribution in [2.45, 2.75) is 0 Å². The van der Waals surface area contributed by atoms with E-state index in [0.717, 1.165) is 5.69 Å². The standard InChI is InChI=1S/C19H21FN2O3/c1-24-17-4-2-3-5-18(17)25-14-19(23)22-12-10-21(11-13-22)16-8-6-15(20)7-9-16/h2-9H,10-14H2,1H3. The van der Waals surface area contributed by atoms with Gasteiger partial charge < -0.3 is 19.3 Å². The Balaban J connectivity index is 1.50. The van der Waals surface area contributed by atoms with E-state index < -0.39 is 0 Å². The van der Waals surface area contributed by atoms with Gasteiger partial charge in [0.1, 0.15) is 5.82 Å². The summed E-state index contributed by atoms with van der Waals surface area (Å²) in [6.07, 6.45) is 0. The van der Waals surface area contributed by atoms with Gasteiger partial charge in [-0.2, -0.15) is 0 Å². The Morgan fingerprint density at radius 3 is 2.28 bits per heavy atom. The Labute approximate surface area is 146 Å². The SMILES string of the molecule is COc1ccccc1OCC(=O)N1CCN(c2ccc(F)cc2)CC1. The molecule has 0 saturated carbocycles.